The molecule has 7 heteroatoms. The average molecular weight is 403 g/mol. The maximum absolute atomic E-state index is 12.6. The maximum Gasteiger partial charge on any atom is 0.337 e. The molecule has 0 saturated heterocycles. The number of hydrogen-bond acceptors (Lipinski definition) is 6. The van der Waals surface area contributed by atoms with Gasteiger partial charge in [0, 0.05) is 25.0 Å². The zero-order valence-corrected chi connectivity index (χ0v) is 16.8. The molecule has 1 heterocycles. The Bertz CT molecular complexity index is 725. The quantitative estimate of drug-likeness (QED) is 0.486. The molecule has 1 aliphatic heterocycles. The molecule has 0 aromatic heterocycles. The van der Waals surface area contributed by atoms with Crippen molar-refractivity contribution in [2.24, 2.45) is 0 Å². The van der Waals surface area contributed by atoms with Crippen molar-refractivity contribution in [2.45, 2.75) is 56.8 Å². The van der Waals surface area contributed by atoms with Gasteiger partial charge in [0.15, 0.2) is 5.76 Å². The minimum absolute atomic E-state index is 0.0690. The van der Waals surface area contributed by atoms with Gasteiger partial charge in [-0.25, -0.2) is 4.79 Å². The standard InChI is InChI=1S/C22H29NO6/c1-27-22(26)16-9-7-15(8-10-16)17-13-19(21(25)23-18-5-4-6-18)29-20(14-17)28-12-3-2-11-24/h7-10,13,17-18,20,24H,2-6,11-12,14H2,1H3,(H,23,25)/t17-,20+/m0/s1. The number of amides is 1. The van der Waals surface area contributed by atoms with Gasteiger partial charge in [0.2, 0.25) is 6.29 Å². The van der Waals surface area contributed by atoms with Gasteiger partial charge in [0.05, 0.1) is 19.3 Å². The van der Waals surface area contributed by atoms with Crippen molar-refractivity contribution in [2.75, 3.05) is 20.3 Å². The minimum Gasteiger partial charge on any atom is -0.465 e. The summed E-state index contributed by atoms with van der Waals surface area (Å²) in [6.45, 7) is 0.579. The topological polar surface area (TPSA) is 94.1 Å². The van der Waals surface area contributed by atoms with Crippen LogP contribution in [0, 0.1) is 0 Å². The summed E-state index contributed by atoms with van der Waals surface area (Å²) < 4.78 is 16.4. The molecule has 1 fully saturated rings. The van der Waals surface area contributed by atoms with E-state index >= 15 is 0 Å². The van der Waals surface area contributed by atoms with Gasteiger partial charge in [-0.1, -0.05) is 12.1 Å². The molecule has 29 heavy (non-hydrogen) atoms. The Morgan fingerprint density at radius 2 is 1.97 bits per heavy atom. The first-order valence-electron chi connectivity index (χ1n) is 10.2. The van der Waals surface area contributed by atoms with Gasteiger partial charge in [-0.2, -0.15) is 0 Å². The van der Waals surface area contributed by atoms with E-state index < -0.39 is 6.29 Å². The van der Waals surface area contributed by atoms with Crippen LogP contribution in [0.2, 0.25) is 0 Å². The number of rotatable bonds is 9. The van der Waals surface area contributed by atoms with Crippen molar-refractivity contribution in [3.05, 3.63) is 47.2 Å². The Hall–Kier alpha value is -2.38. The number of ether oxygens (including phenoxy) is 3. The number of aliphatic hydroxyl groups is 1. The molecule has 1 aromatic rings. The van der Waals surface area contributed by atoms with Crippen LogP contribution < -0.4 is 5.32 Å². The van der Waals surface area contributed by atoms with Gasteiger partial charge in [0.25, 0.3) is 5.91 Å². The number of carbonyl (C=O) groups is 2. The largest absolute Gasteiger partial charge is 0.465 e. The zero-order chi connectivity index (χ0) is 20.6. The average Bonchev–Trinajstić information content (AvgIpc) is 2.73. The molecule has 1 aromatic carbocycles. The second-order valence-electron chi connectivity index (χ2n) is 7.44. The molecule has 2 atom stereocenters. The van der Waals surface area contributed by atoms with Gasteiger partial charge < -0.3 is 24.6 Å². The highest BCUT2D eigenvalue weighted by Gasteiger charge is 2.30. The summed E-state index contributed by atoms with van der Waals surface area (Å²) in [7, 11) is 1.35. The van der Waals surface area contributed by atoms with E-state index in [1.165, 1.54) is 7.11 Å². The third-order valence-corrected chi connectivity index (χ3v) is 5.34. The molecule has 158 valence electrons. The summed E-state index contributed by atoms with van der Waals surface area (Å²) in [5.74, 6) is -0.392. The first-order valence-corrected chi connectivity index (χ1v) is 10.2. The lowest BCUT2D eigenvalue weighted by Crippen LogP contribution is -2.42. The summed E-state index contributed by atoms with van der Waals surface area (Å²) >= 11 is 0. The molecular weight excluding hydrogens is 374 g/mol. The van der Waals surface area contributed by atoms with Crippen LogP contribution in [0.5, 0.6) is 0 Å². The van der Waals surface area contributed by atoms with Crippen LogP contribution in [0.25, 0.3) is 0 Å². The van der Waals surface area contributed by atoms with E-state index in [1.54, 1.807) is 12.1 Å². The number of unbranched alkanes of at least 4 members (excludes halogenated alkanes) is 1. The molecule has 1 aliphatic carbocycles. The van der Waals surface area contributed by atoms with Gasteiger partial charge in [-0.15, -0.1) is 0 Å². The van der Waals surface area contributed by atoms with Crippen molar-refractivity contribution >= 4 is 11.9 Å². The highest BCUT2D eigenvalue weighted by molar-refractivity contribution is 5.92. The van der Waals surface area contributed by atoms with E-state index in [0.717, 1.165) is 31.2 Å². The molecule has 7 nitrogen and oxygen atoms in total. The molecule has 0 spiro atoms. The summed E-state index contributed by atoms with van der Waals surface area (Å²) in [4.78, 5) is 24.3. The number of esters is 1. The summed E-state index contributed by atoms with van der Waals surface area (Å²) in [6.07, 6.45) is 6.38. The highest BCUT2D eigenvalue weighted by atomic mass is 16.7. The van der Waals surface area contributed by atoms with Crippen LogP contribution >= 0.6 is 0 Å². The van der Waals surface area contributed by atoms with E-state index in [9.17, 15) is 9.59 Å². The van der Waals surface area contributed by atoms with Crippen LogP contribution in [-0.4, -0.2) is 49.6 Å². The molecule has 1 amide bonds. The van der Waals surface area contributed by atoms with Crippen LogP contribution in [0.4, 0.5) is 0 Å². The maximum atomic E-state index is 12.6. The second-order valence-corrected chi connectivity index (χ2v) is 7.44. The normalized spacial score (nSPS) is 21.5. The summed E-state index contributed by atoms with van der Waals surface area (Å²) in [5, 5.41) is 11.9. The fourth-order valence-corrected chi connectivity index (χ4v) is 3.37. The minimum atomic E-state index is -0.536. The predicted molar refractivity (Wildman–Crippen MR) is 106 cm³/mol. The monoisotopic (exact) mass is 403 g/mol. The Balaban J connectivity index is 1.72. The molecular formula is C22H29NO6. The van der Waals surface area contributed by atoms with Crippen molar-refractivity contribution in [1.29, 1.82) is 0 Å². The first-order chi connectivity index (χ1) is 14.1. The molecule has 0 unspecified atom stereocenters. The van der Waals surface area contributed by atoms with E-state index in [0.29, 0.717) is 25.0 Å². The van der Waals surface area contributed by atoms with Crippen LogP contribution in [0.1, 0.15) is 60.4 Å². The number of nitrogens with one attached hydrogen (secondary N) is 1. The van der Waals surface area contributed by atoms with Gasteiger partial charge in [-0.05, 0) is 55.9 Å². The molecule has 1 saturated carbocycles. The van der Waals surface area contributed by atoms with Gasteiger partial charge in [-0.3, -0.25) is 4.79 Å². The van der Waals surface area contributed by atoms with Gasteiger partial charge >= 0.3 is 5.97 Å². The first kappa shape index (κ1) is 21.3. The lowest BCUT2D eigenvalue weighted by molar-refractivity contribution is -0.147. The summed E-state index contributed by atoms with van der Waals surface area (Å²) in [5.41, 5.74) is 1.45. The molecule has 0 bridgehead atoms. The predicted octanol–water partition coefficient (Wildman–Crippen LogP) is 2.64. The number of carbonyl (C=O) groups excluding carboxylic acids is 2. The van der Waals surface area contributed by atoms with Crippen molar-refractivity contribution in [3.8, 4) is 0 Å². The smallest absolute Gasteiger partial charge is 0.337 e. The highest BCUT2D eigenvalue weighted by Crippen LogP contribution is 2.32. The lowest BCUT2D eigenvalue weighted by Gasteiger charge is -2.31. The number of benzene rings is 1. The molecule has 3 rings (SSSR count). The van der Waals surface area contributed by atoms with E-state index in [1.807, 2.05) is 18.2 Å². The number of aliphatic hydroxyl groups excluding tert-OH is 1. The SMILES string of the molecule is COC(=O)c1ccc([C@H]2C=C(C(=O)NC3CCC3)O[C@@H](OCCCCO)C2)cc1. The van der Waals surface area contributed by atoms with E-state index in [4.69, 9.17) is 19.3 Å². The number of hydrogen-bond donors (Lipinski definition) is 2. The molecule has 0 radical (unpaired) electrons. The van der Waals surface area contributed by atoms with Crippen molar-refractivity contribution in [1.82, 2.24) is 5.32 Å². The van der Waals surface area contributed by atoms with Crippen molar-refractivity contribution in [3.63, 3.8) is 0 Å². The fraction of sp³-hybridized carbons (Fsp3) is 0.545. The van der Waals surface area contributed by atoms with Gasteiger partial charge in [0.1, 0.15) is 0 Å². The zero-order valence-electron chi connectivity index (χ0n) is 16.8. The Morgan fingerprint density at radius 3 is 2.59 bits per heavy atom. The number of methoxy groups -OCH3 is 1. The van der Waals surface area contributed by atoms with Crippen molar-refractivity contribution < 1.29 is 28.9 Å². The molecule has 2 aliphatic rings. The Morgan fingerprint density at radius 1 is 1.21 bits per heavy atom. The third kappa shape index (κ3) is 5.81. The Labute approximate surface area is 171 Å². The number of allylic oxidation sites excluding steroid dienone is 1. The van der Waals surface area contributed by atoms with Crippen LogP contribution in [0.15, 0.2) is 36.1 Å². The Kier molecular flexibility index (Phi) is 7.66. The van der Waals surface area contributed by atoms with Crippen LogP contribution in [-0.2, 0) is 19.0 Å². The van der Waals surface area contributed by atoms with E-state index in [2.05, 4.69) is 5.32 Å². The second kappa shape index (κ2) is 10.4. The van der Waals surface area contributed by atoms with Crippen LogP contribution in [0.3, 0.4) is 0 Å². The summed E-state index contributed by atoms with van der Waals surface area (Å²) in [6, 6.07) is 7.38. The fourth-order valence-electron chi connectivity index (χ4n) is 3.37. The lowest BCUT2D eigenvalue weighted by atomic mass is 9.91. The molecule has 2 N–H and O–H groups in total. The third-order valence-electron chi connectivity index (χ3n) is 5.34. The van der Waals surface area contributed by atoms with E-state index in [-0.39, 0.29) is 36.2 Å².